The van der Waals surface area contributed by atoms with Crippen molar-refractivity contribution in [1.82, 2.24) is 9.61 Å². The maximum atomic E-state index is 12.1. The van der Waals surface area contributed by atoms with E-state index in [1.165, 1.54) is 5.56 Å². The molecular formula is C21H20N4O. The summed E-state index contributed by atoms with van der Waals surface area (Å²) >= 11 is 0. The number of benzene rings is 1. The summed E-state index contributed by atoms with van der Waals surface area (Å²) in [6, 6.07) is 10.4. The maximum absolute atomic E-state index is 12.1. The largest absolute Gasteiger partial charge is 0.377 e. The topological polar surface area (TPSA) is 72.4 Å². The number of amides is 1. The van der Waals surface area contributed by atoms with E-state index in [1.807, 2.05) is 28.9 Å². The number of nitrogens with zero attached hydrogens (tertiary/aromatic N) is 2. The Kier molecular flexibility index (Phi) is 3.35. The first-order valence-electron chi connectivity index (χ1n) is 9.05. The first-order chi connectivity index (χ1) is 12.7. The van der Waals surface area contributed by atoms with Crippen LogP contribution in [-0.4, -0.2) is 15.5 Å². The molecule has 0 fully saturated rings. The Labute approximate surface area is 151 Å². The SMILES string of the molecule is NC(=O)c1cnn2ccc3c2c1-c1ccccc1NC3C1CC=CCC1. The molecule has 3 N–H and O–H groups in total. The number of rotatable bonds is 2. The van der Waals surface area contributed by atoms with Gasteiger partial charge in [-0.3, -0.25) is 4.79 Å². The van der Waals surface area contributed by atoms with E-state index in [0.29, 0.717) is 11.5 Å². The van der Waals surface area contributed by atoms with Crippen molar-refractivity contribution < 1.29 is 4.79 Å². The lowest BCUT2D eigenvalue weighted by atomic mass is 9.84. The van der Waals surface area contributed by atoms with E-state index in [9.17, 15) is 4.79 Å². The molecule has 5 nitrogen and oxygen atoms in total. The summed E-state index contributed by atoms with van der Waals surface area (Å²) in [4.78, 5) is 12.1. The van der Waals surface area contributed by atoms with Crippen molar-refractivity contribution in [2.24, 2.45) is 11.7 Å². The minimum Gasteiger partial charge on any atom is -0.377 e. The lowest BCUT2D eigenvalue weighted by Crippen LogP contribution is -2.21. The minimum atomic E-state index is -0.448. The Morgan fingerprint density at radius 2 is 2.12 bits per heavy atom. The fourth-order valence-electron chi connectivity index (χ4n) is 4.38. The Hall–Kier alpha value is -3.08. The average Bonchev–Trinajstić information content (AvgIpc) is 3.03. The van der Waals surface area contributed by atoms with Crippen LogP contribution in [0.1, 0.15) is 41.2 Å². The van der Waals surface area contributed by atoms with Gasteiger partial charge in [0, 0.05) is 28.6 Å². The van der Waals surface area contributed by atoms with Crippen molar-refractivity contribution in [1.29, 1.82) is 0 Å². The highest BCUT2D eigenvalue weighted by Gasteiger charge is 2.32. The Balaban J connectivity index is 1.84. The monoisotopic (exact) mass is 344 g/mol. The molecule has 0 radical (unpaired) electrons. The third-order valence-electron chi connectivity index (χ3n) is 5.60. The van der Waals surface area contributed by atoms with Crippen LogP contribution in [0.2, 0.25) is 0 Å². The zero-order valence-corrected chi connectivity index (χ0v) is 14.4. The predicted octanol–water partition coefficient (Wildman–Crippen LogP) is 3.92. The summed E-state index contributed by atoms with van der Waals surface area (Å²) < 4.78 is 1.87. The predicted molar refractivity (Wildman–Crippen MR) is 102 cm³/mol. The zero-order chi connectivity index (χ0) is 17.7. The van der Waals surface area contributed by atoms with Crippen molar-refractivity contribution in [2.75, 3.05) is 5.32 Å². The number of nitrogens with one attached hydrogen (secondary N) is 1. The summed E-state index contributed by atoms with van der Waals surface area (Å²) in [5.41, 5.74) is 11.3. The molecular weight excluding hydrogens is 324 g/mol. The molecule has 0 saturated heterocycles. The lowest BCUT2D eigenvalue weighted by molar-refractivity contribution is 0.100. The van der Waals surface area contributed by atoms with E-state index in [-0.39, 0.29) is 6.04 Å². The number of fused-ring (bicyclic) bond motifs is 2. The first-order valence-corrected chi connectivity index (χ1v) is 9.05. The average molecular weight is 344 g/mol. The molecule has 130 valence electrons. The first kappa shape index (κ1) is 15.2. The molecule has 1 aliphatic carbocycles. The van der Waals surface area contributed by atoms with Gasteiger partial charge in [0.25, 0.3) is 5.91 Å². The Bertz CT molecular complexity index is 1050. The van der Waals surface area contributed by atoms with Crippen LogP contribution in [0.15, 0.2) is 54.9 Å². The van der Waals surface area contributed by atoms with Gasteiger partial charge < -0.3 is 11.1 Å². The molecule has 0 bridgehead atoms. The van der Waals surface area contributed by atoms with Gasteiger partial charge in [0.15, 0.2) is 0 Å². The van der Waals surface area contributed by atoms with Gasteiger partial charge >= 0.3 is 0 Å². The molecule has 0 saturated carbocycles. The van der Waals surface area contributed by atoms with Crippen LogP contribution < -0.4 is 11.1 Å². The van der Waals surface area contributed by atoms with Crippen molar-refractivity contribution in [3.8, 4) is 11.1 Å². The third-order valence-corrected chi connectivity index (χ3v) is 5.60. The molecule has 26 heavy (non-hydrogen) atoms. The lowest BCUT2D eigenvalue weighted by Gasteiger charge is -2.29. The smallest absolute Gasteiger partial charge is 0.251 e. The summed E-state index contributed by atoms with van der Waals surface area (Å²) in [6.07, 6.45) is 11.4. The quantitative estimate of drug-likeness (QED) is 0.692. The number of primary amides is 1. The van der Waals surface area contributed by atoms with E-state index in [0.717, 1.165) is 41.6 Å². The second-order valence-corrected chi connectivity index (χ2v) is 7.07. The number of hydrogen-bond donors (Lipinski definition) is 2. The molecule has 2 unspecified atom stereocenters. The molecule has 2 aromatic heterocycles. The number of aromatic nitrogens is 2. The zero-order valence-electron chi connectivity index (χ0n) is 14.4. The van der Waals surface area contributed by atoms with E-state index in [1.54, 1.807) is 6.20 Å². The van der Waals surface area contributed by atoms with Gasteiger partial charge in [0.1, 0.15) is 0 Å². The summed E-state index contributed by atoms with van der Waals surface area (Å²) in [6.45, 7) is 0. The molecule has 1 aromatic carbocycles. The van der Waals surface area contributed by atoms with Gasteiger partial charge in [-0.2, -0.15) is 5.10 Å². The van der Waals surface area contributed by atoms with Crippen LogP contribution in [0.5, 0.6) is 0 Å². The van der Waals surface area contributed by atoms with Crippen molar-refractivity contribution in [2.45, 2.75) is 25.3 Å². The fraction of sp³-hybridized carbons (Fsp3) is 0.238. The number of para-hydroxylation sites is 1. The second-order valence-electron chi connectivity index (χ2n) is 7.07. The molecule has 1 amide bonds. The van der Waals surface area contributed by atoms with Gasteiger partial charge in [-0.25, -0.2) is 4.52 Å². The van der Waals surface area contributed by atoms with Crippen LogP contribution in [0, 0.1) is 5.92 Å². The van der Waals surface area contributed by atoms with Crippen molar-refractivity contribution >= 4 is 17.1 Å². The van der Waals surface area contributed by atoms with Crippen LogP contribution in [-0.2, 0) is 0 Å². The highest BCUT2D eigenvalue weighted by atomic mass is 16.1. The van der Waals surface area contributed by atoms with E-state index in [2.05, 4.69) is 34.7 Å². The standard InChI is InChI=1S/C21H20N4O/c22-21(26)16-12-23-25-11-10-15-19(13-6-2-1-3-7-13)24-17-9-5-4-8-14(17)18(16)20(15)25/h1-2,4-5,8-13,19,24H,3,6-7H2,(H2,22,26). The molecule has 2 aliphatic rings. The highest BCUT2D eigenvalue weighted by molar-refractivity contribution is 6.06. The molecule has 0 spiro atoms. The second kappa shape index (κ2) is 5.73. The molecule has 2 atom stereocenters. The number of hydrogen-bond acceptors (Lipinski definition) is 3. The van der Waals surface area contributed by atoms with E-state index < -0.39 is 5.91 Å². The van der Waals surface area contributed by atoms with Crippen LogP contribution >= 0.6 is 0 Å². The number of allylic oxidation sites excluding steroid dienone is 2. The van der Waals surface area contributed by atoms with E-state index >= 15 is 0 Å². The minimum absolute atomic E-state index is 0.178. The molecule has 3 heterocycles. The van der Waals surface area contributed by atoms with Gasteiger partial charge in [-0.1, -0.05) is 30.4 Å². The molecule has 5 rings (SSSR count). The number of nitrogens with two attached hydrogens (primary N) is 1. The van der Waals surface area contributed by atoms with Gasteiger partial charge in [0.2, 0.25) is 0 Å². The van der Waals surface area contributed by atoms with Gasteiger partial charge in [-0.05, 0) is 37.3 Å². The van der Waals surface area contributed by atoms with E-state index in [4.69, 9.17) is 5.73 Å². The number of carbonyl (C=O) groups excluding carboxylic acids is 1. The normalized spacial score (nSPS) is 21.1. The maximum Gasteiger partial charge on any atom is 0.251 e. The summed E-state index contributed by atoms with van der Waals surface area (Å²) in [7, 11) is 0. The molecule has 3 aromatic rings. The Morgan fingerprint density at radius 1 is 1.23 bits per heavy atom. The Morgan fingerprint density at radius 3 is 2.92 bits per heavy atom. The van der Waals surface area contributed by atoms with Crippen LogP contribution in [0.4, 0.5) is 5.69 Å². The van der Waals surface area contributed by atoms with Gasteiger partial charge in [-0.15, -0.1) is 0 Å². The van der Waals surface area contributed by atoms with Crippen molar-refractivity contribution in [3.05, 3.63) is 66.0 Å². The molecule has 5 heteroatoms. The van der Waals surface area contributed by atoms with Crippen molar-refractivity contribution in [3.63, 3.8) is 0 Å². The summed E-state index contributed by atoms with van der Waals surface area (Å²) in [5.74, 6) is 0.0541. The summed E-state index contributed by atoms with van der Waals surface area (Å²) in [5, 5.41) is 8.20. The fourth-order valence-corrected chi connectivity index (χ4v) is 4.38. The number of anilines is 1. The third kappa shape index (κ3) is 2.17. The van der Waals surface area contributed by atoms with Crippen LogP contribution in [0.3, 0.4) is 0 Å². The van der Waals surface area contributed by atoms with Crippen LogP contribution in [0.25, 0.3) is 16.6 Å². The highest BCUT2D eigenvalue weighted by Crippen LogP contribution is 2.45. The van der Waals surface area contributed by atoms with Gasteiger partial charge in [0.05, 0.1) is 23.3 Å². The molecule has 1 aliphatic heterocycles. The number of carbonyl (C=O) groups is 1.